The van der Waals surface area contributed by atoms with E-state index in [0.717, 1.165) is 11.1 Å². The standard InChI is InChI=1S/C17H19NO/c18-16-9-3-8-15(11-16)17(19)14-7-2-6-13(10-14)12-4-1-5-12/h2-3,6-12,17,19H,1,4-5,18H2. The summed E-state index contributed by atoms with van der Waals surface area (Å²) in [5.74, 6) is 0.688. The molecule has 0 aliphatic heterocycles. The molecule has 2 aromatic carbocycles. The van der Waals surface area contributed by atoms with Gasteiger partial charge in [0.05, 0.1) is 0 Å². The Labute approximate surface area is 113 Å². The van der Waals surface area contributed by atoms with Gasteiger partial charge in [-0.3, -0.25) is 0 Å². The van der Waals surface area contributed by atoms with E-state index >= 15 is 0 Å². The van der Waals surface area contributed by atoms with E-state index in [9.17, 15) is 5.11 Å². The number of aliphatic hydroxyl groups excluding tert-OH is 1. The van der Waals surface area contributed by atoms with Crippen molar-refractivity contribution in [3.05, 3.63) is 65.2 Å². The molecule has 3 N–H and O–H groups in total. The molecule has 0 spiro atoms. The van der Waals surface area contributed by atoms with Gasteiger partial charge >= 0.3 is 0 Å². The van der Waals surface area contributed by atoms with E-state index in [0.29, 0.717) is 11.6 Å². The van der Waals surface area contributed by atoms with E-state index in [1.165, 1.54) is 24.8 Å². The first-order chi connectivity index (χ1) is 9.24. The van der Waals surface area contributed by atoms with Crippen molar-refractivity contribution in [1.29, 1.82) is 0 Å². The van der Waals surface area contributed by atoms with Crippen LogP contribution in [0.5, 0.6) is 0 Å². The van der Waals surface area contributed by atoms with Gasteiger partial charge in [-0.1, -0.05) is 42.8 Å². The Balaban J connectivity index is 1.88. The predicted molar refractivity (Wildman–Crippen MR) is 78.0 cm³/mol. The van der Waals surface area contributed by atoms with Crippen molar-refractivity contribution >= 4 is 5.69 Å². The van der Waals surface area contributed by atoms with Crippen LogP contribution in [0.3, 0.4) is 0 Å². The van der Waals surface area contributed by atoms with E-state index in [1.807, 2.05) is 36.4 Å². The topological polar surface area (TPSA) is 46.2 Å². The van der Waals surface area contributed by atoms with Crippen molar-refractivity contribution in [3.8, 4) is 0 Å². The molecule has 0 heterocycles. The first-order valence-electron chi connectivity index (χ1n) is 6.87. The average molecular weight is 253 g/mol. The highest BCUT2D eigenvalue weighted by Crippen LogP contribution is 2.37. The van der Waals surface area contributed by atoms with Crippen LogP contribution in [0.2, 0.25) is 0 Å². The molecular weight excluding hydrogens is 234 g/mol. The zero-order valence-corrected chi connectivity index (χ0v) is 10.9. The van der Waals surface area contributed by atoms with E-state index in [4.69, 9.17) is 5.73 Å². The molecule has 1 atom stereocenters. The molecule has 0 bridgehead atoms. The van der Waals surface area contributed by atoms with Crippen LogP contribution in [0.1, 0.15) is 48.0 Å². The summed E-state index contributed by atoms with van der Waals surface area (Å²) in [6.45, 7) is 0. The van der Waals surface area contributed by atoms with Gasteiger partial charge in [-0.15, -0.1) is 0 Å². The van der Waals surface area contributed by atoms with Crippen LogP contribution in [0, 0.1) is 0 Å². The van der Waals surface area contributed by atoms with Crippen LogP contribution >= 0.6 is 0 Å². The minimum absolute atomic E-state index is 0.594. The van der Waals surface area contributed by atoms with Gasteiger partial charge in [-0.25, -0.2) is 0 Å². The molecule has 1 fully saturated rings. The molecular formula is C17H19NO. The van der Waals surface area contributed by atoms with Gasteiger partial charge in [0.15, 0.2) is 0 Å². The molecule has 3 rings (SSSR count). The fourth-order valence-electron chi connectivity index (χ4n) is 2.65. The summed E-state index contributed by atoms with van der Waals surface area (Å²) in [4.78, 5) is 0. The van der Waals surface area contributed by atoms with Gasteiger partial charge in [0.1, 0.15) is 6.10 Å². The van der Waals surface area contributed by atoms with Gasteiger partial charge < -0.3 is 10.8 Å². The maximum atomic E-state index is 10.5. The molecule has 2 heteroatoms. The third kappa shape index (κ3) is 2.49. The predicted octanol–water partition coefficient (Wildman–Crippen LogP) is 3.62. The second kappa shape index (κ2) is 5.06. The Morgan fingerprint density at radius 2 is 1.68 bits per heavy atom. The molecule has 2 aromatic rings. The molecule has 1 aliphatic rings. The maximum absolute atomic E-state index is 10.5. The third-order valence-corrected chi connectivity index (χ3v) is 4.03. The van der Waals surface area contributed by atoms with Gasteiger partial charge in [0.2, 0.25) is 0 Å². The van der Waals surface area contributed by atoms with Crippen LogP contribution in [0.15, 0.2) is 48.5 Å². The molecule has 2 nitrogen and oxygen atoms in total. The lowest BCUT2D eigenvalue weighted by atomic mass is 9.79. The summed E-state index contributed by atoms with van der Waals surface area (Å²) in [5, 5.41) is 10.5. The minimum Gasteiger partial charge on any atom is -0.399 e. The van der Waals surface area contributed by atoms with Crippen LogP contribution < -0.4 is 5.73 Å². The van der Waals surface area contributed by atoms with Crippen LogP contribution in [0.25, 0.3) is 0 Å². The largest absolute Gasteiger partial charge is 0.399 e. The van der Waals surface area contributed by atoms with E-state index in [2.05, 4.69) is 12.1 Å². The Morgan fingerprint density at radius 1 is 1.00 bits per heavy atom. The summed E-state index contributed by atoms with van der Waals surface area (Å²) < 4.78 is 0. The van der Waals surface area contributed by atoms with Crippen LogP contribution in [-0.2, 0) is 0 Å². The summed E-state index contributed by atoms with van der Waals surface area (Å²) in [7, 11) is 0. The summed E-state index contributed by atoms with van der Waals surface area (Å²) >= 11 is 0. The Hall–Kier alpha value is -1.80. The number of anilines is 1. The monoisotopic (exact) mass is 253 g/mol. The van der Waals surface area contributed by atoms with Crippen molar-refractivity contribution in [2.75, 3.05) is 5.73 Å². The van der Waals surface area contributed by atoms with E-state index < -0.39 is 6.10 Å². The zero-order valence-electron chi connectivity index (χ0n) is 10.9. The van der Waals surface area contributed by atoms with E-state index in [1.54, 1.807) is 0 Å². The number of rotatable bonds is 3. The lowest BCUT2D eigenvalue weighted by Crippen LogP contribution is -2.09. The molecule has 0 saturated heterocycles. The normalized spacial score (nSPS) is 16.9. The fraction of sp³-hybridized carbons (Fsp3) is 0.294. The highest BCUT2D eigenvalue weighted by Gasteiger charge is 2.20. The zero-order chi connectivity index (χ0) is 13.2. The Morgan fingerprint density at radius 3 is 2.32 bits per heavy atom. The summed E-state index contributed by atoms with van der Waals surface area (Å²) in [6, 6.07) is 15.8. The first-order valence-corrected chi connectivity index (χ1v) is 6.87. The second-order valence-electron chi connectivity index (χ2n) is 5.37. The number of nitrogen functional groups attached to an aromatic ring is 1. The number of benzene rings is 2. The van der Waals surface area contributed by atoms with Gasteiger partial charge in [0, 0.05) is 5.69 Å². The first kappa shape index (κ1) is 12.2. The number of hydrogen-bond donors (Lipinski definition) is 2. The average Bonchev–Trinajstić information content (AvgIpc) is 2.36. The second-order valence-corrected chi connectivity index (χ2v) is 5.37. The van der Waals surface area contributed by atoms with Crippen LogP contribution in [-0.4, -0.2) is 5.11 Å². The molecule has 1 unspecified atom stereocenters. The number of hydrogen-bond acceptors (Lipinski definition) is 2. The molecule has 0 aromatic heterocycles. The lowest BCUT2D eigenvalue weighted by molar-refractivity contribution is 0.220. The van der Waals surface area contributed by atoms with Crippen molar-refractivity contribution in [3.63, 3.8) is 0 Å². The Bertz CT molecular complexity index is 575. The van der Waals surface area contributed by atoms with Gasteiger partial charge in [-0.2, -0.15) is 0 Å². The smallest absolute Gasteiger partial charge is 0.104 e. The van der Waals surface area contributed by atoms with Crippen molar-refractivity contribution < 1.29 is 5.11 Å². The number of aliphatic hydroxyl groups is 1. The molecule has 19 heavy (non-hydrogen) atoms. The maximum Gasteiger partial charge on any atom is 0.104 e. The third-order valence-electron chi connectivity index (χ3n) is 4.03. The SMILES string of the molecule is Nc1cccc(C(O)c2cccc(C3CCC3)c2)c1. The highest BCUT2D eigenvalue weighted by atomic mass is 16.3. The van der Waals surface area contributed by atoms with E-state index in [-0.39, 0.29) is 0 Å². The van der Waals surface area contributed by atoms with Gasteiger partial charge in [0.25, 0.3) is 0 Å². The molecule has 0 radical (unpaired) electrons. The van der Waals surface area contributed by atoms with Crippen LogP contribution in [0.4, 0.5) is 5.69 Å². The lowest BCUT2D eigenvalue weighted by Gasteiger charge is -2.26. The summed E-state index contributed by atoms with van der Waals surface area (Å²) in [5.41, 5.74) is 9.62. The molecule has 1 saturated carbocycles. The minimum atomic E-state index is -0.594. The molecule has 0 amide bonds. The fourth-order valence-corrected chi connectivity index (χ4v) is 2.65. The molecule has 98 valence electrons. The highest BCUT2D eigenvalue weighted by molar-refractivity contribution is 5.44. The Kier molecular flexibility index (Phi) is 3.26. The van der Waals surface area contributed by atoms with Crippen molar-refractivity contribution in [2.45, 2.75) is 31.3 Å². The van der Waals surface area contributed by atoms with Crippen molar-refractivity contribution in [1.82, 2.24) is 0 Å². The number of nitrogens with two attached hydrogens (primary N) is 1. The molecule has 1 aliphatic carbocycles. The van der Waals surface area contributed by atoms with Crippen molar-refractivity contribution in [2.24, 2.45) is 0 Å². The van der Waals surface area contributed by atoms with Gasteiger partial charge in [-0.05, 0) is 47.6 Å². The quantitative estimate of drug-likeness (QED) is 0.821. The summed E-state index contributed by atoms with van der Waals surface area (Å²) in [6.07, 6.45) is 3.28.